The highest BCUT2D eigenvalue weighted by Gasteiger charge is 2.18. The first-order valence-electron chi connectivity index (χ1n) is 7.69. The van der Waals surface area contributed by atoms with Gasteiger partial charge in [-0.25, -0.2) is 8.42 Å². The number of hydrogen-bond donors (Lipinski definition) is 1. The summed E-state index contributed by atoms with van der Waals surface area (Å²) in [4.78, 5) is 12.5. The van der Waals surface area contributed by atoms with Gasteiger partial charge in [-0.2, -0.15) is 0 Å². The molecule has 0 unspecified atom stereocenters. The maximum absolute atomic E-state index is 12.3. The monoisotopic (exact) mass is 381 g/mol. The molecule has 0 bridgehead atoms. The van der Waals surface area contributed by atoms with Crippen molar-refractivity contribution in [3.8, 4) is 5.75 Å². The Kier molecular flexibility index (Phi) is 6.08. The van der Waals surface area contributed by atoms with Crippen molar-refractivity contribution in [1.29, 1.82) is 0 Å². The number of rotatable bonds is 6. The van der Waals surface area contributed by atoms with Gasteiger partial charge in [0.1, 0.15) is 5.75 Å². The molecule has 0 heterocycles. The molecule has 0 spiro atoms. The molecule has 0 aliphatic carbocycles. The quantitative estimate of drug-likeness (QED) is 0.832. The molecule has 5 nitrogen and oxygen atoms in total. The molecular weight excluding hydrogens is 362 g/mol. The standard InChI is InChI=1S/C18H20ClNO4S/c1-12(14-7-9-17(10-8-14)25(3,22)23)20-18(21)13(2)24-16-6-4-5-15(19)11-16/h4-13H,1-3H3,(H,20,21)/t12-,13-/m0/s1. The minimum Gasteiger partial charge on any atom is -0.481 e. The van der Waals surface area contributed by atoms with Crippen LogP contribution in [-0.4, -0.2) is 26.7 Å². The summed E-state index contributed by atoms with van der Waals surface area (Å²) in [5.41, 5.74) is 0.802. The van der Waals surface area contributed by atoms with Gasteiger partial charge in [-0.15, -0.1) is 0 Å². The Balaban J connectivity index is 1.99. The Morgan fingerprint density at radius 2 is 1.76 bits per heavy atom. The molecule has 134 valence electrons. The molecule has 2 rings (SSSR count). The lowest BCUT2D eigenvalue weighted by Gasteiger charge is -2.19. The Bertz CT molecular complexity index is 850. The highest BCUT2D eigenvalue weighted by Crippen LogP contribution is 2.19. The predicted molar refractivity (Wildman–Crippen MR) is 97.7 cm³/mol. The van der Waals surface area contributed by atoms with Crippen molar-refractivity contribution < 1.29 is 17.9 Å². The zero-order valence-electron chi connectivity index (χ0n) is 14.2. The fourth-order valence-electron chi connectivity index (χ4n) is 2.22. The van der Waals surface area contributed by atoms with Crippen LogP contribution in [0.2, 0.25) is 5.02 Å². The highest BCUT2D eigenvalue weighted by atomic mass is 35.5. The second-order valence-electron chi connectivity index (χ2n) is 5.79. The fourth-order valence-corrected chi connectivity index (χ4v) is 3.03. The molecule has 1 N–H and O–H groups in total. The van der Waals surface area contributed by atoms with E-state index in [1.807, 2.05) is 6.92 Å². The lowest BCUT2D eigenvalue weighted by Crippen LogP contribution is -2.37. The summed E-state index contributed by atoms with van der Waals surface area (Å²) in [6.45, 7) is 3.47. The summed E-state index contributed by atoms with van der Waals surface area (Å²) < 4.78 is 28.5. The van der Waals surface area contributed by atoms with E-state index in [4.69, 9.17) is 16.3 Å². The SMILES string of the molecule is C[C@H](Oc1cccc(Cl)c1)C(=O)N[C@@H](C)c1ccc(S(C)(=O)=O)cc1. The number of carbonyl (C=O) groups is 1. The third kappa shape index (κ3) is 5.47. The van der Waals surface area contributed by atoms with E-state index >= 15 is 0 Å². The molecule has 0 aliphatic rings. The van der Waals surface area contributed by atoms with Crippen LogP contribution in [0.5, 0.6) is 5.75 Å². The number of halogens is 1. The summed E-state index contributed by atoms with van der Waals surface area (Å²) in [5, 5.41) is 3.37. The van der Waals surface area contributed by atoms with E-state index in [1.54, 1.807) is 43.3 Å². The lowest BCUT2D eigenvalue weighted by molar-refractivity contribution is -0.127. The normalized spacial score (nSPS) is 13.8. The van der Waals surface area contributed by atoms with Gasteiger partial charge in [-0.05, 0) is 49.7 Å². The van der Waals surface area contributed by atoms with E-state index in [9.17, 15) is 13.2 Å². The number of amides is 1. The average Bonchev–Trinajstić information content (AvgIpc) is 2.54. The van der Waals surface area contributed by atoms with Crippen molar-refractivity contribution in [3.63, 3.8) is 0 Å². The molecule has 7 heteroatoms. The average molecular weight is 382 g/mol. The second kappa shape index (κ2) is 7.89. The van der Waals surface area contributed by atoms with Crippen LogP contribution in [0.15, 0.2) is 53.4 Å². The molecule has 2 aromatic carbocycles. The largest absolute Gasteiger partial charge is 0.481 e. The minimum absolute atomic E-state index is 0.243. The molecule has 0 aliphatic heterocycles. The molecule has 0 fully saturated rings. The molecule has 1 amide bonds. The first-order valence-corrected chi connectivity index (χ1v) is 9.96. The molecule has 2 atom stereocenters. The van der Waals surface area contributed by atoms with E-state index < -0.39 is 15.9 Å². The Hall–Kier alpha value is -2.05. The number of ether oxygens (including phenoxy) is 1. The van der Waals surface area contributed by atoms with Crippen molar-refractivity contribution in [2.24, 2.45) is 0 Å². The molecule has 0 radical (unpaired) electrons. The van der Waals surface area contributed by atoms with Gasteiger partial charge in [0.05, 0.1) is 10.9 Å². The zero-order chi connectivity index (χ0) is 18.6. The van der Waals surface area contributed by atoms with Gasteiger partial charge >= 0.3 is 0 Å². The van der Waals surface area contributed by atoms with Gasteiger partial charge < -0.3 is 10.1 Å². The molecule has 0 saturated heterocycles. The number of hydrogen-bond acceptors (Lipinski definition) is 4. The van der Waals surface area contributed by atoms with E-state index in [0.29, 0.717) is 10.8 Å². The van der Waals surface area contributed by atoms with Gasteiger partial charge in [0.25, 0.3) is 5.91 Å². The first-order chi connectivity index (χ1) is 11.7. The van der Waals surface area contributed by atoms with Crippen LogP contribution in [0.3, 0.4) is 0 Å². The van der Waals surface area contributed by atoms with Crippen LogP contribution in [-0.2, 0) is 14.6 Å². The maximum Gasteiger partial charge on any atom is 0.261 e. The van der Waals surface area contributed by atoms with Crippen molar-refractivity contribution >= 4 is 27.3 Å². The predicted octanol–water partition coefficient (Wildman–Crippen LogP) is 3.39. The van der Waals surface area contributed by atoms with Crippen LogP contribution < -0.4 is 10.1 Å². The highest BCUT2D eigenvalue weighted by molar-refractivity contribution is 7.90. The van der Waals surface area contributed by atoms with Crippen LogP contribution in [0.1, 0.15) is 25.5 Å². The van der Waals surface area contributed by atoms with Gasteiger partial charge in [0.2, 0.25) is 0 Å². The van der Waals surface area contributed by atoms with Crippen LogP contribution >= 0.6 is 11.6 Å². The smallest absolute Gasteiger partial charge is 0.261 e. The Morgan fingerprint density at radius 1 is 1.12 bits per heavy atom. The van der Waals surface area contributed by atoms with Crippen molar-refractivity contribution in [2.75, 3.05) is 6.26 Å². The molecule has 0 aromatic heterocycles. The van der Waals surface area contributed by atoms with E-state index in [2.05, 4.69) is 5.32 Å². The summed E-state index contributed by atoms with van der Waals surface area (Å²) >= 11 is 5.89. The number of sulfone groups is 1. The summed E-state index contributed by atoms with van der Waals surface area (Å²) in [7, 11) is -3.24. The third-order valence-corrected chi connectivity index (χ3v) is 5.01. The Labute approximate surface area is 152 Å². The van der Waals surface area contributed by atoms with E-state index in [1.165, 1.54) is 12.1 Å². The summed E-state index contributed by atoms with van der Waals surface area (Å²) in [6, 6.07) is 13.0. The maximum atomic E-state index is 12.3. The first kappa shape index (κ1) is 19.3. The lowest BCUT2D eigenvalue weighted by atomic mass is 10.1. The molecular formula is C18H20ClNO4S. The van der Waals surface area contributed by atoms with Crippen LogP contribution in [0, 0.1) is 0 Å². The zero-order valence-corrected chi connectivity index (χ0v) is 15.8. The van der Waals surface area contributed by atoms with Crippen molar-refractivity contribution in [3.05, 3.63) is 59.1 Å². The van der Waals surface area contributed by atoms with E-state index in [-0.39, 0.29) is 16.8 Å². The molecule has 25 heavy (non-hydrogen) atoms. The third-order valence-electron chi connectivity index (χ3n) is 3.65. The number of carbonyl (C=O) groups excluding carboxylic acids is 1. The summed E-state index contributed by atoms with van der Waals surface area (Å²) in [6.07, 6.45) is 0.457. The molecule has 0 saturated carbocycles. The van der Waals surface area contributed by atoms with E-state index in [0.717, 1.165) is 11.8 Å². The fraction of sp³-hybridized carbons (Fsp3) is 0.278. The van der Waals surface area contributed by atoms with Gasteiger partial charge in [-0.1, -0.05) is 29.8 Å². The minimum atomic E-state index is -3.24. The summed E-state index contributed by atoms with van der Waals surface area (Å²) in [5.74, 6) is 0.236. The van der Waals surface area contributed by atoms with Gasteiger partial charge in [0.15, 0.2) is 15.9 Å². The van der Waals surface area contributed by atoms with Gasteiger partial charge in [-0.3, -0.25) is 4.79 Å². The van der Waals surface area contributed by atoms with Crippen LogP contribution in [0.4, 0.5) is 0 Å². The van der Waals surface area contributed by atoms with Crippen molar-refractivity contribution in [2.45, 2.75) is 30.9 Å². The number of nitrogens with one attached hydrogen (secondary N) is 1. The topological polar surface area (TPSA) is 72.5 Å². The number of benzene rings is 2. The molecule has 2 aromatic rings. The van der Waals surface area contributed by atoms with Gasteiger partial charge in [0, 0.05) is 11.3 Å². The van der Waals surface area contributed by atoms with Crippen molar-refractivity contribution in [1.82, 2.24) is 5.32 Å². The van der Waals surface area contributed by atoms with Crippen LogP contribution in [0.25, 0.3) is 0 Å². The second-order valence-corrected chi connectivity index (χ2v) is 8.24. The Morgan fingerprint density at radius 3 is 2.32 bits per heavy atom.